The van der Waals surface area contributed by atoms with E-state index in [1.165, 1.54) is 0 Å². The van der Waals surface area contributed by atoms with E-state index in [2.05, 4.69) is 23.9 Å². The first-order valence-corrected chi connectivity index (χ1v) is 6.67. The lowest BCUT2D eigenvalue weighted by Crippen LogP contribution is -2.25. The molecule has 2 nitrogen and oxygen atoms in total. The second-order valence-corrected chi connectivity index (χ2v) is 4.70. The van der Waals surface area contributed by atoms with Crippen LogP contribution in [0, 0.1) is 0 Å². The number of rotatable bonds is 3. The van der Waals surface area contributed by atoms with Crippen LogP contribution in [0.3, 0.4) is 0 Å². The number of nitrogens with zero attached hydrogens (tertiary/aromatic N) is 1. The van der Waals surface area contributed by atoms with E-state index in [0.717, 1.165) is 27.3 Å². The van der Waals surface area contributed by atoms with Crippen molar-refractivity contribution in [3.05, 3.63) is 82.7 Å². The maximum atomic E-state index is 5.79. The Morgan fingerprint density at radius 2 is 2.05 bits per heavy atom. The molecular weight excluding hydrogens is 256 g/mol. The molecule has 0 aliphatic heterocycles. The van der Waals surface area contributed by atoms with E-state index in [1.54, 1.807) is 6.20 Å². The van der Waals surface area contributed by atoms with Gasteiger partial charge in [0.1, 0.15) is 0 Å². The van der Waals surface area contributed by atoms with Gasteiger partial charge in [-0.2, -0.15) is 0 Å². The molecule has 0 spiro atoms. The van der Waals surface area contributed by atoms with Gasteiger partial charge in [-0.05, 0) is 35.1 Å². The fourth-order valence-electron chi connectivity index (χ4n) is 1.99. The average molecular weight is 274 g/mol. The highest BCUT2D eigenvalue weighted by Crippen LogP contribution is 2.10. The predicted molar refractivity (Wildman–Crippen MR) is 89.5 cm³/mol. The number of allylic oxidation sites excluding steroid dienone is 2. The first-order valence-electron chi connectivity index (χ1n) is 6.67. The molecule has 0 saturated carbocycles. The van der Waals surface area contributed by atoms with E-state index in [-0.39, 0.29) is 0 Å². The van der Waals surface area contributed by atoms with Crippen molar-refractivity contribution in [2.45, 2.75) is 6.92 Å². The fraction of sp³-hybridized carbons (Fsp3) is 0.0526. The second kappa shape index (κ2) is 6.56. The van der Waals surface area contributed by atoms with Crippen LogP contribution in [0.5, 0.6) is 0 Å². The predicted octanol–water partition coefficient (Wildman–Crippen LogP) is 2.51. The minimum atomic E-state index is 0.548. The summed E-state index contributed by atoms with van der Waals surface area (Å²) in [5.74, 6) is 0. The van der Waals surface area contributed by atoms with Crippen LogP contribution >= 0.6 is 0 Å². The molecule has 0 unspecified atom stereocenters. The quantitative estimate of drug-likeness (QED) is 0.690. The minimum Gasteiger partial charge on any atom is -0.392 e. The van der Waals surface area contributed by atoms with Gasteiger partial charge >= 0.3 is 0 Å². The Balaban J connectivity index is 2.65. The molecule has 21 heavy (non-hydrogen) atoms. The van der Waals surface area contributed by atoms with E-state index in [4.69, 9.17) is 5.73 Å². The highest BCUT2D eigenvalue weighted by molar-refractivity contribution is 5.63. The third-order valence-electron chi connectivity index (χ3n) is 3.25. The van der Waals surface area contributed by atoms with E-state index in [0.29, 0.717) is 5.70 Å². The van der Waals surface area contributed by atoms with Crippen LogP contribution in [-0.4, -0.2) is 4.98 Å². The first-order chi connectivity index (χ1) is 10.1. The molecule has 1 aromatic heterocycles. The Hall–Kier alpha value is -2.83. The smallest absolute Gasteiger partial charge is 0.0771 e. The monoisotopic (exact) mass is 274 g/mol. The highest BCUT2D eigenvalue weighted by atomic mass is 14.7. The molecule has 1 heterocycles. The van der Waals surface area contributed by atoms with Crippen molar-refractivity contribution in [2.75, 3.05) is 0 Å². The Labute approximate surface area is 125 Å². The normalized spacial score (nSPS) is 12.0. The maximum Gasteiger partial charge on any atom is 0.0771 e. The Morgan fingerprint density at radius 3 is 2.71 bits per heavy atom. The van der Waals surface area contributed by atoms with Crippen molar-refractivity contribution < 1.29 is 0 Å². The van der Waals surface area contributed by atoms with E-state index in [1.807, 2.05) is 55.5 Å². The van der Waals surface area contributed by atoms with Crippen LogP contribution in [0.15, 0.2) is 72.3 Å². The lowest BCUT2D eigenvalue weighted by Gasteiger charge is -2.02. The summed E-state index contributed by atoms with van der Waals surface area (Å²) in [6.07, 6.45) is 5.74. The van der Waals surface area contributed by atoms with Gasteiger partial charge in [0.05, 0.1) is 11.4 Å². The van der Waals surface area contributed by atoms with Gasteiger partial charge in [-0.3, -0.25) is 4.98 Å². The molecule has 0 aliphatic carbocycles. The molecule has 1 aromatic carbocycles. The van der Waals surface area contributed by atoms with Crippen molar-refractivity contribution >= 4 is 12.7 Å². The lowest BCUT2D eigenvalue weighted by atomic mass is 10.1. The third kappa shape index (κ3) is 3.38. The van der Waals surface area contributed by atoms with Crippen LogP contribution < -0.4 is 16.2 Å². The van der Waals surface area contributed by atoms with E-state index < -0.39 is 0 Å². The third-order valence-corrected chi connectivity index (χ3v) is 3.25. The summed E-state index contributed by atoms with van der Waals surface area (Å²) in [6.45, 7) is 9.58. The number of benzene rings is 1. The van der Waals surface area contributed by atoms with Crippen molar-refractivity contribution in [1.82, 2.24) is 4.98 Å². The molecule has 0 radical (unpaired) electrons. The summed E-state index contributed by atoms with van der Waals surface area (Å²) in [7, 11) is 0. The summed E-state index contributed by atoms with van der Waals surface area (Å²) in [5, 5.41) is 1.98. The van der Waals surface area contributed by atoms with Crippen LogP contribution in [-0.2, 0) is 0 Å². The molecule has 0 saturated heterocycles. The zero-order chi connectivity index (χ0) is 15.2. The second-order valence-electron chi connectivity index (χ2n) is 4.70. The summed E-state index contributed by atoms with van der Waals surface area (Å²) in [6, 6.07) is 11.9. The van der Waals surface area contributed by atoms with Gasteiger partial charge in [-0.15, -0.1) is 5.73 Å². The average Bonchev–Trinajstić information content (AvgIpc) is 2.53. The Bertz CT molecular complexity index is 824. The fourth-order valence-corrected chi connectivity index (χ4v) is 1.99. The summed E-state index contributed by atoms with van der Waals surface area (Å²) in [5.41, 5.74) is 11.9. The Morgan fingerprint density at radius 1 is 1.24 bits per heavy atom. The van der Waals surface area contributed by atoms with Crippen LogP contribution in [0.2, 0.25) is 0 Å². The molecule has 2 N–H and O–H groups in total. The molecule has 0 aliphatic rings. The Kier molecular flexibility index (Phi) is 4.55. The van der Waals surface area contributed by atoms with Crippen LogP contribution in [0.1, 0.15) is 6.92 Å². The minimum absolute atomic E-state index is 0.548. The largest absolute Gasteiger partial charge is 0.392 e. The maximum absolute atomic E-state index is 5.79. The topological polar surface area (TPSA) is 38.9 Å². The number of aromatic nitrogens is 1. The first kappa shape index (κ1) is 14.6. The van der Waals surface area contributed by atoms with Crippen molar-refractivity contribution in [1.29, 1.82) is 0 Å². The van der Waals surface area contributed by atoms with Crippen molar-refractivity contribution in [3.63, 3.8) is 0 Å². The molecule has 0 bridgehead atoms. The lowest BCUT2D eigenvalue weighted by molar-refractivity contribution is 1.30. The number of pyridine rings is 1. The molecule has 2 rings (SSSR count). The van der Waals surface area contributed by atoms with Crippen LogP contribution in [0.25, 0.3) is 23.9 Å². The zero-order valence-corrected chi connectivity index (χ0v) is 12.1. The number of hydrogen-bond acceptors (Lipinski definition) is 2. The SMILES string of the molecule is C=C=C(N)/C(C)=C/C=c1/c(-c2ccccn2)cccc1=C. The molecule has 104 valence electrons. The van der Waals surface area contributed by atoms with Gasteiger partial charge in [-0.25, -0.2) is 0 Å². The molecular formula is C19H18N2. The van der Waals surface area contributed by atoms with Gasteiger partial charge in [0.25, 0.3) is 0 Å². The molecule has 2 heteroatoms. The van der Waals surface area contributed by atoms with Crippen molar-refractivity contribution in [3.8, 4) is 11.3 Å². The summed E-state index contributed by atoms with van der Waals surface area (Å²) < 4.78 is 0. The van der Waals surface area contributed by atoms with Gasteiger partial charge in [0.15, 0.2) is 0 Å². The van der Waals surface area contributed by atoms with Gasteiger partial charge in [0, 0.05) is 11.8 Å². The van der Waals surface area contributed by atoms with Crippen LogP contribution in [0.4, 0.5) is 0 Å². The zero-order valence-electron chi connectivity index (χ0n) is 12.1. The number of hydrogen-bond donors (Lipinski definition) is 1. The van der Waals surface area contributed by atoms with Gasteiger partial charge < -0.3 is 5.73 Å². The van der Waals surface area contributed by atoms with Gasteiger partial charge in [0.2, 0.25) is 0 Å². The van der Waals surface area contributed by atoms with Crippen molar-refractivity contribution in [2.24, 2.45) is 5.73 Å². The van der Waals surface area contributed by atoms with E-state index in [9.17, 15) is 0 Å². The summed E-state index contributed by atoms with van der Waals surface area (Å²) >= 11 is 0. The summed E-state index contributed by atoms with van der Waals surface area (Å²) in [4.78, 5) is 4.41. The van der Waals surface area contributed by atoms with Gasteiger partial charge in [-0.1, -0.05) is 49.6 Å². The molecule has 0 amide bonds. The molecule has 0 atom stereocenters. The highest BCUT2D eigenvalue weighted by Gasteiger charge is 2.00. The molecule has 0 fully saturated rings. The van der Waals surface area contributed by atoms with E-state index >= 15 is 0 Å². The number of nitrogens with two attached hydrogens (primary N) is 1. The standard InChI is InChI=1S/C19H18N2/c1-4-18(20)15(3)11-12-16-14(2)8-7-9-17(16)19-10-5-6-13-21-19/h5-13H,1-2,20H2,3H3/b15-11+,16-12+. The molecule has 2 aromatic rings.